The van der Waals surface area contributed by atoms with E-state index in [2.05, 4.69) is 23.2 Å². The van der Waals surface area contributed by atoms with E-state index in [0.29, 0.717) is 0 Å². The van der Waals surface area contributed by atoms with Gasteiger partial charge in [0, 0.05) is 30.0 Å². The summed E-state index contributed by atoms with van der Waals surface area (Å²) >= 11 is 0. The van der Waals surface area contributed by atoms with Gasteiger partial charge in [-0.25, -0.2) is 0 Å². The highest BCUT2D eigenvalue weighted by Gasteiger charge is 2.07. The molecule has 0 bridgehead atoms. The second-order valence-corrected chi connectivity index (χ2v) is 5.08. The van der Waals surface area contributed by atoms with Gasteiger partial charge in [0.2, 0.25) is 0 Å². The van der Waals surface area contributed by atoms with Crippen molar-refractivity contribution in [1.29, 1.82) is 0 Å². The number of pyridine rings is 1. The lowest BCUT2D eigenvalue weighted by Crippen LogP contribution is -2.23. The Hall–Kier alpha value is -2.13. The molecule has 0 saturated heterocycles. The van der Waals surface area contributed by atoms with E-state index in [0.717, 1.165) is 36.2 Å². The summed E-state index contributed by atoms with van der Waals surface area (Å²) in [5, 5.41) is 1.17. The first kappa shape index (κ1) is 12.9. The maximum Gasteiger partial charge on any atom is 0.103 e. The number of aromatic nitrogens is 1. The van der Waals surface area contributed by atoms with Crippen molar-refractivity contribution in [3.05, 3.63) is 66.2 Å². The Kier molecular flexibility index (Phi) is 3.79. The van der Waals surface area contributed by atoms with Gasteiger partial charge in [-0.3, -0.25) is 4.98 Å². The van der Waals surface area contributed by atoms with Gasteiger partial charge in [-0.05, 0) is 30.7 Å². The molecule has 3 nitrogen and oxygen atoms in total. The van der Waals surface area contributed by atoms with Crippen molar-refractivity contribution in [2.45, 2.75) is 25.3 Å². The highest BCUT2D eigenvalue weighted by molar-refractivity contribution is 5.78. The average Bonchev–Trinajstić information content (AvgIpc) is 2.98. The minimum Gasteiger partial charge on any atom is -0.469 e. The molecule has 1 aromatic carbocycles. The van der Waals surface area contributed by atoms with Crippen LogP contribution >= 0.6 is 0 Å². The predicted octanol–water partition coefficient (Wildman–Crippen LogP) is 3.33. The van der Waals surface area contributed by atoms with E-state index in [4.69, 9.17) is 10.2 Å². The van der Waals surface area contributed by atoms with Crippen molar-refractivity contribution in [1.82, 2.24) is 4.98 Å². The third-order valence-corrected chi connectivity index (χ3v) is 3.47. The van der Waals surface area contributed by atoms with Crippen LogP contribution in [0.5, 0.6) is 0 Å². The van der Waals surface area contributed by atoms with E-state index in [1.165, 1.54) is 5.39 Å². The minimum absolute atomic E-state index is 0.105. The molecule has 0 saturated carbocycles. The Balaban J connectivity index is 1.63. The molecule has 3 heteroatoms. The zero-order valence-corrected chi connectivity index (χ0v) is 11.3. The molecular weight excluding hydrogens is 248 g/mol. The molecule has 0 fully saturated rings. The number of nitrogens with zero attached hydrogens (tertiary/aromatic N) is 1. The summed E-state index contributed by atoms with van der Waals surface area (Å²) in [4.78, 5) is 4.66. The zero-order valence-electron chi connectivity index (χ0n) is 11.3. The van der Waals surface area contributed by atoms with Crippen molar-refractivity contribution >= 4 is 10.9 Å². The smallest absolute Gasteiger partial charge is 0.103 e. The lowest BCUT2D eigenvalue weighted by atomic mass is 10.0. The fraction of sp³-hybridized carbons (Fsp3) is 0.235. The van der Waals surface area contributed by atoms with Crippen LogP contribution in [0.2, 0.25) is 0 Å². The van der Waals surface area contributed by atoms with Crippen LogP contribution in [-0.2, 0) is 12.8 Å². The summed E-state index contributed by atoms with van der Waals surface area (Å²) in [6, 6.07) is 16.3. The molecular formula is C17H18N2O. The Morgan fingerprint density at radius 3 is 2.80 bits per heavy atom. The quantitative estimate of drug-likeness (QED) is 0.770. The van der Waals surface area contributed by atoms with Gasteiger partial charge in [0.25, 0.3) is 0 Å². The van der Waals surface area contributed by atoms with Gasteiger partial charge in [0.05, 0.1) is 11.8 Å². The second-order valence-electron chi connectivity index (χ2n) is 5.08. The average molecular weight is 266 g/mol. The van der Waals surface area contributed by atoms with Gasteiger partial charge in [0.1, 0.15) is 5.76 Å². The number of fused-ring (bicyclic) bond motifs is 1. The molecule has 3 rings (SSSR count). The lowest BCUT2D eigenvalue weighted by Gasteiger charge is -2.10. The van der Waals surface area contributed by atoms with Crippen molar-refractivity contribution in [3.8, 4) is 0 Å². The van der Waals surface area contributed by atoms with Gasteiger partial charge in [-0.15, -0.1) is 0 Å². The van der Waals surface area contributed by atoms with E-state index < -0.39 is 0 Å². The first-order valence-corrected chi connectivity index (χ1v) is 6.94. The van der Waals surface area contributed by atoms with E-state index in [1.54, 1.807) is 6.26 Å². The normalized spacial score (nSPS) is 12.7. The molecule has 0 radical (unpaired) electrons. The summed E-state index contributed by atoms with van der Waals surface area (Å²) < 4.78 is 5.32. The highest BCUT2D eigenvalue weighted by atomic mass is 16.3. The Labute approximate surface area is 118 Å². The number of furan rings is 1. The monoisotopic (exact) mass is 266 g/mol. The zero-order chi connectivity index (χ0) is 13.8. The number of nitrogens with two attached hydrogens (primary N) is 1. The van der Waals surface area contributed by atoms with Gasteiger partial charge in [-0.2, -0.15) is 0 Å². The molecule has 1 unspecified atom stereocenters. The highest BCUT2D eigenvalue weighted by Crippen LogP contribution is 2.14. The third-order valence-electron chi connectivity index (χ3n) is 3.47. The fourth-order valence-corrected chi connectivity index (χ4v) is 2.38. The summed E-state index contributed by atoms with van der Waals surface area (Å²) in [7, 11) is 0. The van der Waals surface area contributed by atoms with Gasteiger partial charge >= 0.3 is 0 Å². The molecule has 0 spiro atoms. The van der Waals surface area contributed by atoms with Crippen molar-refractivity contribution < 1.29 is 4.42 Å². The molecule has 2 heterocycles. The van der Waals surface area contributed by atoms with Crippen LogP contribution in [0.1, 0.15) is 17.9 Å². The third kappa shape index (κ3) is 3.06. The molecule has 0 amide bonds. The van der Waals surface area contributed by atoms with Crippen LogP contribution in [0.15, 0.2) is 59.2 Å². The summed E-state index contributed by atoms with van der Waals surface area (Å²) in [5.41, 5.74) is 8.27. The molecule has 20 heavy (non-hydrogen) atoms. The van der Waals surface area contributed by atoms with Crippen LogP contribution in [0.25, 0.3) is 10.9 Å². The second kappa shape index (κ2) is 5.88. The standard InChI is InChI=1S/C17H18N2O/c18-14(8-10-16-5-3-11-20-16)12-15-9-7-13-4-1-2-6-17(13)19-15/h1-7,9,11,14H,8,10,12,18H2. The molecule has 0 aliphatic carbocycles. The van der Waals surface area contributed by atoms with Gasteiger partial charge < -0.3 is 10.2 Å². The van der Waals surface area contributed by atoms with E-state index >= 15 is 0 Å². The topological polar surface area (TPSA) is 52.0 Å². The number of benzene rings is 1. The van der Waals surface area contributed by atoms with Crippen LogP contribution in [0.3, 0.4) is 0 Å². The molecule has 0 aliphatic rings. The van der Waals surface area contributed by atoms with Gasteiger partial charge in [-0.1, -0.05) is 24.3 Å². The van der Waals surface area contributed by atoms with Crippen LogP contribution in [0.4, 0.5) is 0 Å². The molecule has 3 aromatic rings. The fourth-order valence-electron chi connectivity index (χ4n) is 2.38. The maximum absolute atomic E-state index is 6.18. The Morgan fingerprint density at radius 1 is 1.05 bits per heavy atom. The summed E-state index contributed by atoms with van der Waals surface area (Å²) in [6.45, 7) is 0. The lowest BCUT2D eigenvalue weighted by molar-refractivity contribution is 0.483. The molecule has 102 valence electrons. The SMILES string of the molecule is NC(CCc1ccco1)Cc1ccc2ccccc2n1. The van der Waals surface area contributed by atoms with Crippen LogP contribution in [0, 0.1) is 0 Å². The van der Waals surface area contributed by atoms with Crippen molar-refractivity contribution in [3.63, 3.8) is 0 Å². The number of aryl methyl sites for hydroxylation is 1. The number of para-hydroxylation sites is 1. The largest absolute Gasteiger partial charge is 0.469 e. The number of hydrogen-bond donors (Lipinski definition) is 1. The number of hydrogen-bond acceptors (Lipinski definition) is 3. The summed E-state index contributed by atoms with van der Waals surface area (Å²) in [5.74, 6) is 0.993. The van der Waals surface area contributed by atoms with Crippen molar-refractivity contribution in [2.24, 2.45) is 5.73 Å². The van der Waals surface area contributed by atoms with Crippen LogP contribution < -0.4 is 5.73 Å². The van der Waals surface area contributed by atoms with Crippen molar-refractivity contribution in [2.75, 3.05) is 0 Å². The first-order valence-electron chi connectivity index (χ1n) is 6.94. The van der Waals surface area contributed by atoms with E-state index in [1.807, 2.05) is 30.3 Å². The van der Waals surface area contributed by atoms with Gasteiger partial charge in [0.15, 0.2) is 0 Å². The maximum atomic E-state index is 6.18. The van der Waals surface area contributed by atoms with E-state index in [-0.39, 0.29) is 6.04 Å². The summed E-state index contributed by atoms with van der Waals surface area (Å²) in [6.07, 6.45) is 4.28. The first-order chi connectivity index (χ1) is 9.81. The molecule has 0 aliphatic heterocycles. The molecule has 1 atom stereocenters. The van der Waals surface area contributed by atoms with E-state index in [9.17, 15) is 0 Å². The van der Waals surface area contributed by atoms with Crippen LogP contribution in [-0.4, -0.2) is 11.0 Å². The molecule has 2 aromatic heterocycles. The molecule has 2 N–H and O–H groups in total. The Bertz CT molecular complexity index is 676. The Morgan fingerprint density at radius 2 is 1.95 bits per heavy atom. The minimum atomic E-state index is 0.105. The number of rotatable bonds is 5. The predicted molar refractivity (Wildman–Crippen MR) is 80.5 cm³/mol.